The van der Waals surface area contributed by atoms with Gasteiger partial charge in [0.25, 0.3) is 0 Å². The summed E-state index contributed by atoms with van der Waals surface area (Å²) in [6.45, 7) is 1.56. The number of ketones is 1. The molecule has 6 heteroatoms. The monoisotopic (exact) mass is 263 g/mol. The molecule has 0 spiro atoms. The van der Waals surface area contributed by atoms with Gasteiger partial charge in [-0.05, 0) is 18.2 Å². The molecule has 0 saturated heterocycles. The van der Waals surface area contributed by atoms with Gasteiger partial charge in [-0.3, -0.25) is 14.2 Å². The van der Waals surface area contributed by atoms with Gasteiger partial charge in [0.1, 0.15) is 0 Å². The fraction of sp³-hybridized carbons (Fsp3) is 0.308. The zero-order valence-electron chi connectivity index (χ0n) is 10.5. The number of oxazole rings is 1. The first-order chi connectivity index (χ1) is 8.90. The van der Waals surface area contributed by atoms with Crippen molar-refractivity contribution < 1.29 is 19.1 Å². The van der Waals surface area contributed by atoms with E-state index in [9.17, 15) is 14.4 Å². The molecule has 0 bridgehead atoms. The standard InChI is InChI=1S/C13H13NO5/c1-7(5-11(15)16)12(17)8-3-4-10-9(6-8)14(2)13(18)19-10/h3-4,6-7H,5H2,1-2H3,(H,15,16). The molecule has 1 aromatic carbocycles. The maximum atomic E-state index is 12.1. The van der Waals surface area contributed by atoms with Crippen LogP contribution in [0.4, 0.5) is 0 Å². The molecule has 100 valence electrons. The second kappa shape index (κ2) is 4.72. The third kappa shape index (κ3) is 2.42. The predicted octanol–water partition coefficient (Wildman–Crippen LogP) is 1.43. The lowest BCUT2D eigenvalue weighted by atomic mass is 9.96. The van der Waals surface area contributed by atoms with Gasteiger partial charge in [-0.25, -0.2) is 4.79 Å². The lowest BCUT2D eigenvalue weighted by Gasteiger charge is -2.07. The van der Waals surface area contributed by atoms with Gasteiger partial charge in [-0.2, -0.15) is 0 Å². The van der Waals surface area contributed by atoms with Crippen molar-refractivity contribution in [2.24, 2.45) is 13.0 Å². The van der Waals surface area contributed by atoms with Crippen LogP contribution < -0.4 is 5.76 Å². The molecule has 1 heterocycles. The van der Waals surface area contributed by atoms with E-state index in [0.29, 0.717) is 16.7 Å². The average Bonchev–Trinajstić information content (AvgIpc) is 2.63. The van der Waals surface area contributed by atoms with E-state index in [4.69, 9.17) is 9.52 Å². The molecule has 0 aliphatic heterocycles. The third-order valence-corrected chi connectivity index (χ3v) is 3.00. The van der Waals surface area contributed by atoms with E-state index in [0.717, 1.165) is 0 Å². The molecule has 2 aromatic rings. The number of aryl methyl sites for hydroxylation is 1. The summed E-state index contributed by atoms with van der Waals surface area (Å²) >= 11 is 0. The number of hydrogen-bond donors (Lipinski definition) is 1. The highest BCUT2D eigenvalue weighted by molar-refractivity contribution is 6.01. The summed E-state index contributed by atoms with van der Waals surface area (Å²) in [5.41, 5.74) is 1.28. The van der Waals surface area contributed by atoms with Crippen molar-refractivity contribution in [2.45, 2.75) is 13.3 Å². The maximum Gasteiger partial charge on any atom is 0.419 e. The number of aliphatic carboxylic acids is 1. The Bertz CT molecular complexity index is 709. The van der Waals surface area contributed by atoms with Crippen molar-refractivity contribution in [1.29, 1.82) is 0 Å². The summed E-state index contributed by atoms with van der Waals surface area (Å²) in [7, 11) is 1.54. The van der Waals surface area contributed by atoms with Gasteiger partial charge < -0.3 is 9.52 Å². The van der Waals surface area contributed by atoms with Crippen molar-refractivity contribution in [3.05, 3.63) is 34.3 Å². The minimum absolute atomic E-state index is 0.221. The molecule has 1 aromatic heterocycles. The summed E-state index contributed by atoms with van der Waals surface area (Å²) in [4.78, 5) is 34.0. The number of carboxylic acid groups (broad SMARTS) is 1. The highest BCUT2D eigenvalue weighted by Crippen LogP contribution is 2.18. The second-order valence-electron chi connectivity index (χ2n) is 4.47. The van der Waals surface area contributed by atoms with Crippen LogP contribution in [0.3, 0.4) is 0 Å². The number of fused-ring (bicyclic) bond motifs is 1. The molecule has 0 aliphatic rings. The number of hydrogen-bond acceptors (Lipinski definition) is 4. The van der Waals surface area contributed by atoms with Crippen molar-refractivity contribution in [3.8, 4) is 0 Å². The van der Waals surface area contributed by atoms with Crippen molar-refractivity contribution in [1.82, 2.24) is 4.57 Å². The van der Waals surface area contributed by atoms with Crippen LogP contribution in [-0.4, -0.2) is 21.4 Å². The molecular weight excluding hydrogens is 250 g/mol. The molecule has 0 fully saturated rings. The van der Waals surface area contributed by atoms with Crippen LogP contribution in [0.2, 0.25) is 0 Å². The first-order valence-corrected chi connectivity index (χ1v) is 5.75. The van der Waals surface area contributed by atoms with Gasteiger partial charge >= 0.3 is 11.7 Å². The van der Waals surface area contributed by atoms with Crippen LogP contribution in [0.1, 0.15) is 23.7 Å². The Morgan fingerprint density at radius 1 is 1.42 bits per heavy atom. The van der Waals surface area contributed by atoms with Gasteiger partial charge in [0.2, 0.25) is 0 Å². The van der Waals surface area contributed by atoms with Gasteiger partial charge in [-0.1, -0.05) is 6.92 Å². The van der Waals surface area contributed by atoms with Gasteiger partial charge in [0, 0.05) is 18.5 Å². The lowest BCUT2D eigenvalue weighted by Crippen LogP contribution is -2.15. The zero-order valence-corrected chi connectivity index (χ0v) is 10.5. The lowest BCUT2D eigenvalue weighted by molar-refractivity contribution is -0.137. The summed E-state index contributed by atoms with van der Waals surface area (Å²) in [5.74, 6) is -2.40. The minimum atomic E-state index is -1.02. The van der Waals surface area contributed by atoms with Crippen LogP contribution in [-0.2, 0) is 11.8 Å². The minimum Gasteiger partial charge on any atom is -0.481 e. The summed E-state index contributed by atoms with van der Waals surface area (Å²) in [5, 5.41) is 8.69. The molecule has 1 N–H and O–H groups in total. The molecule has 0 saturated carbocycles. The summed E-state index contributed by atoms with van der Waals surface area (Å²) in [6.07, 6.45) is -0.221. The van der Waals surface area contributed by atoms with E-state index in [2.05, 4.69) is 0 Å². The molecule has 2 rings (SSSR count). The van der Waals surface area contributed by atoms with Crippen molar-refractivity contribution in [3.63, 3.8) is 0 Å². The first kappa shape index (κ1) is 13.1. The number of aromatic nitrogens is 1. The number of carboxylic acids is 1. The third-order valence-electron chi connectivity index (χ3n) is 3.00. The normalized spacial score (nSPS) is 12.5. The number of carbonyl (C=O) groups excluding carboxylic acids is 1. The molecule has 1 unspecified atom stereocenters. The average molecular weight is 263 g/mol. The Hall–Kier alpha value is -2.37. The Kier molecular flexibility index (Phi) is 3.25. The molecule has 0 aliphatic carbocycles. The topological polar surface area (TPSA) is 89.5 Å². The van der Waals surface area contributed by atoms with Gasteiger partial charge in [0.15, 0.2) is 11.4 Å². The number of nitrogens with zero attached hydrogens (tertiary/aromatic N) is 1. The SMILES string of the molecule is CC(CC(=O)O)C(=O)c1ccc2oc(=O)n(C)c2c1. The molecule has 0 radical (unpaired) electrons. The van der Waals surface area contributed by atoms with E-state index in [1.165, 1.54) is 16.7 Å². The first-order valence-electron chi connectivity index (χ1n) is 5.75. The van der Waals surface area contributed by atoms with Crippen LogP contribution in [0, 0.1) is 5.92 Å². The zero-order chi connectivity index (χ0) is 14.2. The Balaban J connectivity index is 2.40. The van der Waals surface area contributed by atoms with E-state index < -0.39 is 17.6 Å². The van der Waals surface area contributed by atoms with Crippen LogP contribution in [0.25, 0.3) is 11.1 Å². The Labute approximate surface area is 108 Å². The van der Waals surface area contributed by atoms with E-state index in [1.54, 1.807) is 20.0 Å². The molecule has 19 heavy (non-hydrogen) atoms. The van der Waals surface area contributed by atoms with Gasteiger partial charge in [0.05, 0.1) is 11.9 Å². The Morgan fingerprint density at radius 3 is 2.74 bits per heavy atom. The highest BCUT2D eigenvalue weighted by Gasteiger charge is 2.19. The van der Waals surface area contributed by atoms with Crippen LogP contribution >= 0.6 is 0 Å². The number of rotatable bonds is 4. The largest absolute Gasteiger partial charge is 0.481 e. The molecular formula is C13H13NO5. The van der Waals surface area contributed by atoms with Gasteiger partial charge in [-0.15, -0.1) is 0 Å². The number of carbonyl (C=O) groups is 2. The second-order valence-corrected chi connectivity index (χ2v) is 4.47. The van der Waals surface area contributed by atoms with Crippen LogP contribution in [0.5, 0.6) is 0 Å². The fourth-order valence-electron chi connectivity index (χ4n) is 1.92. The molecule has 6 nitrogen and oxygen atoms in total. The maximum absolute atomic E-state index is 12.1. The molecule has 1 atom stereocenters. The predicted molar refractivity (Wildman–Crippen MR) is 67.2 cm³/mol. The summed E-state index contributed by atoms with van der Waals surface area (Å²) in [6, 6.07) is 4.62. The van der Waals surface area contributed by atoms with Crippen molar-refractivity contribution in [2.75, 3.05) is 0 Å². The molecule has 0 amide bonds. The highest BCUT2D eigenvalue weighted by atomic mass is 16.4. The van der Waals surface area contributed by atoms with Crippen molar-refractivity contribution >= 4 is 22.9 Å². The van der Waals surface area contributed by atoms with Crippen LogP contribution in [0.15, 0.2) is 27.4 Å². The van der Waals surface area contributed by atoms with E-state index >= 15 is 0 Å². The fourth-order valence-corrected chi connectivity index (χ4v) is 1.92. The Morgan fingerprint density at radius 2 is 2.11 bits per heavy atom. The summed E-state index contributed by atoms with van der Waals surface area (Å²) < 4.78 is 6.26. The van der Waals surface area contributed by atoms with E-state index in [1.807, 2.05) is 0 Å². The number of benzene rings is 1. The smallest absolute Gasteiger partial charge is 0.419 e. The van der Waals surface area contributed by atoms with E-state index in [-0.39, 0.29) is 12.2 Å². The number of Topliss-reactive ketones (excluding diaryl/α,β-unsaturated/α-hetero) is 1. The quantitative estimate of drug-likeness (QED) is 0.843.